The largest absolute Gasteiger partial charge is 0.467 e. The molecule has 0 bridgehead atoms. The van der Waals surface area contributed by atoms with Gasteiger partial charge in [-0.05, 0) is 25.5 Å². The van der Waals surface area contributed by atoms with Gasteiger partial charge in [0.25, 0.3) is 5.91 Å². The van der Waals surface area contributed by atoms with Gasteiger partial charge >= 0.3 is 0 Å². The van der Waals surface area contributed by atoms with Crippen LogP contribution in [0.5, 0.6) is 0 Å². The van der Waals surface area contributed by atoms with Crippen LogP contribution in [0.25, 0.3) is 0 Å². The number of hydrogen-bond acceptors (Lipinski definition) is 5. The topological polar surface area (TPSA) is 74.7 Å². The maximum atomic E-state index is 11.4. The first-order valence-corrected chi connectivity index (χ1v) is 7.31. The number of nitrogen functional groups attached to an aromatic ring is 1. The molecule has 6 heteroatoms. The van der Waals surface area contributed by atoms with Gasteiger partial charge in [-0.15, -0.1) is 0 Å². The highest BCUT2D eigenvalue weighted by Crippen LogP contribution is 2.22. The van der Waals surface area contributed by atoms with E-state index in [0.717, 1.165) is 31.9 Å². The number of rotatable bonds is 3. The molecule has 0 saturated carbocycles. The molecule has 110 valence electrons. The van der Waals surface area contributed by atoms with E-state index < -0.39 is 0 Å². The van der Waals surface area contributed by atoms with Crippen LogP contribution < -0.4 is 11.3 Å². The van der Waals surface area contributed by atoms with Crippen molar-refractivity contribution in [3.8, 4) is 0 Å². The van der Waals surface area contributed by atoms with Crippen molar-refractivity contribution in [1.29, 1.82) is 0 Å². The monoisotopic (exact) mass is 278 g/mol. The molecule has 2 saturated heterocycles. The number of hydrogen-bond donors (Lipinski definition) is 2. The number of nitrogens with two attached hydrogens (primary N) is 1. The van der Waals surface area contributed by atoms with Gasteiger partial charge < -0.3 is 4.42 Å². The first-order valence-electron chi connectivity index (χ1n) is 7.31. The first kappa shape index (κ1) is 13.6. The molecule has 1 aromatic rings. The lowest BCUT2D eigenvalue weighted by atomic mass is 9.99. The number of piperidine rings is 1. The Morgan fingerprint density at radius 3 is 3.15 bits per heavy atom. The molecule has 0 aromatic carbocycles. The van der Waals surface area contributed by atoms with Crippen LogP contribution in [-0.4, -0.2) is 47.9 Å². The van der Waals surface area contributed by atoms with Gasteiger partial charge in [-0.1, -0.05) is 6.42 Å². The average Bonchev–Trinajstić information content (AvgIpc) is 2.95. The van der Waals surface area contributed by atoms with E-state index in [9.17, 15) is 4.79 Å². The van der Waals surface area contributed by atoms with E-state index in [1.165, 1.54) is 32.1 Å². The molecule has 20 heavy (non-hydrogen) atoms. The van der Waals surface area contributed by atoms with Crippen molar-refractivity contribution in [2.24, 2.45) is 5.84 Å². The minimum atomic E-state index is -0.308. The van der Waals surface area contributed by atoms with E-state index >= 15 is 0 Å². The summed E-state index contributed by atoms with van der Waals surface area (Å²) in [7, 11) is 0. The number of carbonyl (C=O) groups is 1. The Labute approximate surface area is 118 Å². The summed E-state index contributed by atoms with van der Waals surface area (Å²) in [4.78, 5) is 16.4. The Morgan fingerprint density at radius 2 is 2.30 bits per heavy atom. The molecule has 6 nitrogen and oxygen atoms in total. The Kier molecular flexibility index (Phi) is 4.05. The summed E-state index contributed by atoms with van der Waals surface area (Å²) in [5.41, 5.74) is 2.60. The maximum Gasteiger partial charge on any atom is 0.268 e. The third kappa shape index (κ3) is 2.87. The summed E-state index contributed by atoms with van der Waals surface area (Å²) in [5.74, 6) is 5.63. The van der Waals surface area contributed by atoms with Crippen LogP contribution in [0, 0.1) is 0 Å². The quantitative estimate of drug-likeness (QED) is 0.480. The number of furan rings is 1. The Balaban J connectivity index is 1.58. The molecular weight excluding hydrogens is 256 g/mol. The number of piperazine rings is 1. The molecule has 2 aliphatic rings. The standard InChI is InChI=1S/C14H22N4O2/c15-16-14(19)11-7-13(20-10-11)9-17-5-6-18-4-2-1-3-12(18)8-17/h7,10,12H,1-6,8-9,15H2,(H,16,19). The molecule has 0 radical (unpaired) electrons. The highest BCUT2D eigenvalue weighted by molar-refractivity contribution is 5.93. The van der Waals surface area contributed by atoms with Crippen molar-refractivity contribution in [2.75, 3.05) is 26.2 Å². The molecule has 3 heterocycles. The van der Waals surface area contributed by atoms with Gasteiger partial charge in [0.05, 0.1) is 12.1 Å². The number of nitrogens with zero attached hydrogens (tertiary/aromatic N) is 2. The lowest BCUT2D eigenvalue weighted by Crippen LogP contribution is -2.54. The SMILES string of the molecule is NNC(=O)c1coc(CN2CCN3CCCCC3C2)c1. The van der Waals surface area contributed by atoms with Crippen molar-refractivity contribution in [1.82, 2.24) is 15.2 Å². The maximum absolute atomic E-state index is 11.4. The zero-order valence-corrected chi connectivity index (χ0v) is 11.7. The van der Waals surface area contributed by atoms with E-state index in [2.05, 4.69) is 15.2 Å². The molecule has 2 fully saturated rings. The predicted octanol–water partition coefficient (Wildman–Crippen LogP) is 0.553. The minimum Gasteiger partial charge on any atom is -0.467 e. The highest BCUT2D eigenvalue weighted by atomic mass is 16.3. The second-order valence-corrected chi connectivity index (χ2v) is 5.70. The van der Waals surface area contributed by atoms with Crippen molar-refractivity contribution < 1.29 is 9.21 Å². The van der Waals surface area contributed by atoms with Crippen molar-refractivity contribution in [3.05, 3.63) is 23.7 Å². The lowest BCUT2D eigenvalue weighted by Gasteiger charge is -2.43. The summed E-state index contributed by atoms with van der Waals surface area (Å²) < 4.78 is 5.45. The molecular formula is C14H22N4O2. The van der Waals surface area contributed by atoms with Crippen LogP contribution in [0.15, 0.2) is 16.7 Å². The highest BCUT2D eigenvalue weighted by Gasteiger charge is 2.29. The fourth-order valence-corrected chi connectivity index (χ4v) is 3.25. The van der Waals surface area contributed by atoms with Gasteiger partial charge in [-0.3, -0.25) is 20.0 Å². The van der Waals surface area contributed by atoms with Crippen molar-refractivity contribution in [3.63, 3.8) is 0 Å². The molecule has 3 N–H and O–H groups in total. The molecule has 3 rings (SSSR count). The molecule has 1 amide bonds. The molecule has 2 aliphatic heterocycles. The molecule has 1 unspecified atom stereocenters. The van der Waals surface area contributed by atoms with Gasteiger partial charge in [0.1, 0.15) is 12.0 Å². The van der Waals surface area contributed by atoms with Gasteiger partial charge in [0.2, 0.25) is 0 Å². The van der Waals surface area contributed by atoms with Crippen molar-refractivity contribution in [2.45, 2.75) is 31.8 Å². The van der Waals surface area contributed by atoms with Crippen LogP contribution in [0.1, 0.15) is 35.4 Å². The van der Waals surface area contributed by atoms with Crippen LogP contribution in [-0.2, 0) is 6.54 Å². The number of hydrazine groups is 1. The smallest absolute Gasteiger partial charge is 0.268 e. The molecule has 1 aromatic heterocycles. The van der Waals surface area contributed by atoms with E-state index in [1.807, 2.05) is 0 Å². The van der Waals surface area contributed by atoms with Crippen LogP contribution in [0.3, 0.4) is 0 Å². The van der Waals surface area contributed by atoms with Crippen LogP contribution in [0.2, 0.25) is 0 Å². The first-order chi connectivity index (χ1) is 9.76. The summed E-state index contributed by atoms with van der Waals surface area (Å²) in [6.07, 6.45) is 5.45. The average molecular weight is 278 g/mol. The van der Waals surface area contributed by atoms with E-state index in [4.69, 9.17) is 10.3 Å². The zero-order chi connectivity index (χ0) is 13.9. The van der Waals surface area contributed by atoms with E-state index in [-0.39, 0.29) is 5.91 Å². The molecule has 0 spiro atoms. The summed E-state index contributed by atoms with van der Waals surface area (Å²) in [6, 6.07) is 2.47. The Morgan fingerprint density at radius 1 is 1.40 bits per heavy atom. The molecule has 0 aliphatic carbocycles. The summed E-state index contributed by atoms with van der Waals surface area (Å²) >= 11 is 0. The molecule has 1 atom stereocenters. The summed E-state index contributed by atoms with van der Waals surface area (Å²) in [5, 5.41) is 0. The lowest BCUT2D eigenvalue weighted by molar-refractivity contribution is 0.0426. The fourth-order valence-electron chi connectivity index (χ4n) is 3.25. The number of amides is 1. The van der Waals surface area contributed by atoms with E-state index in [0.29, 0.717) is 11.6 Å². The summed E-state index contributed by atoms with van der Waals surface area (Å²) in [6.45, 7) is 5.32. The fraction of sp³-hybridized carbons (Fsp3) is 0.643. The Hall–Kier alpha value is -1.37. The zero-order valence-electron chi connectivity index (χ0n) is 11.7. The number of carbonyl (C=O) groups excluding carboxylic acids is 1. The number of nitrogens with one attached hydrogen (secondary N) is 1. The number of fused-ring (bicyclic) bond motifs is 1. The third-order valence-corrected chi connectivity index (χ3v) is 4.35. The Bertz CT molecular complexity index is 473. The third-order valence-electron chi connectivity index (χ3n) is 4.35. The minimum absolute atomic E-state index is 0.308. The predicted molar refractivity (Wildman–Crippen MR) is 74.9 cm³/mol. The van der Waals surface area contributed by atoms with Gasteiger partial charge in [0.15, 0.2) is 0 Å². The van der Waals surface area contributed by atoms with Crippen molar-refractivity contribution >= 4 is 5.91 Å². The van der Waals surface area contributed by atoms with Gasteiger partial charge in [-0.25, -0.2) is 5.84 Å². The normalized spacial score (nSPS) is 24.4. The van der Waals surface area contributed by atoms with Crippen LogP contribution in [0.4, 0.5) is 0 Å². The van der Waals surface area contributed by atoms with E-state index in [1.54, 1.807) is 6.07 Å². The van der Waals surface area contributed by atoms with Crippen LogP contribution >= 0.6 is 0 Å². The second-order valence-electron chi connectivity index (χ2n) is 5.70. The van der Waals surface area contributed by atoms with Gasteiger partial charge in [0, 0.05) is 25.7 Å². The second kappa shape index (κ2) is 5.95. The van der Waals surface area contributed by atoms with Gasteiger partial charge in [-0.2, -0.15) is 0 Å².